The van der Waals surface area contributed by atoms with Crippen LogP contribution in [0.1, 0.15) is 21.4 Å². The van der Waals surface area contributed by atoms with Crippen LogP contribution in [0.2, 0.25) is 5.02 Å². The molecular weight excluding hydrogens is 313 g/mol. The maximum absolute atomic E-state index is 13.3. The van der Waals surface area contributed by atoms with Crippen LogP contribution in [-0.4, -0.2) is 17.6 Å². The van der Waals surface area contributed by atoms with Gasteiger partial charge in [0.15, 0.2) is 0 Å². The van der Waals surface area contributed by atoms with E-state index in [1.807, 2.05) is 19.1 Å². The average Bonchev–Trinajstić information content (AvgIpc) is 2.84. The highest BCUT2D eigenvalue weighted by molar-refractivity contribution is 7.12. The van der Waals surface area contributed by atoms with Crippen molar-refractivity contribution in [3.63, 3.8) is 0 Å². The minimum absolute atomic E-state index is 0.00282. The number of benzene rings is 1. The molecular formula is C15H15ClFNO2S. The second kappa shape index (κ2) is 7.02. The van der Waals surface area contributed by atoms with E-state index >= 15 is 0 Å². The molecule has 3 nitrogen and oxygen atoms in total. The van der Waals surface area contributed by atoms with Gasteiger partial charge in [0.05, 0.1) is 17.5 Å². The van der Waals surface area contributed by atoms with Gasteiger partial charge >= 0.3 is 0 Å². The van der Waals surface area contributed by atoms with Crippen LogP contribution >= 0.6 is 22.9 Å². The second-order valence-corrected chi connectivity index (χ2v) is 6.46. The average molecular weight is 328 g/mol. The van der Waals surface area contributed by atoms with Crippen LogP contribution in [0.3, 0.4) is 0 Å². The zero-order chi connectivity index (χ0) is 15.4. The summed E-state index contributed by atoms with van der Waals surface area (Å²) in [6.45, 7) is 2.01. The highest BCUT2D eigenvalue weighted by atomic mass is 35.5. The summed E-state index contributed by atoms with van der Waals surface area (Å²) in [7, 11) is 0. The summed E-state index contributed by atoms with van der Waals surface area (Å²) in [6, 6.07) is 7.95. The number of rotatable bonds is 5. The van der Waals surface area contributed by atoms with Gasteiger partial charge < -0.3 is 10.4 Å². The number of carbonyl (C=O) groups is 1. The predicted octanol–water partition coefficient (Wildman–Crippen LogP) is 3.24. The Morgan fingerprint density at radius 3 is 2.81 bits per heavy atom. The molecule has 0 aliphatic heterocycles. The van der Waals surface area contributed by atoms with Gasteiger partial charge in [-0.15, -0.1) is 11.3 Å². The second-order valence-electron chi connectivity index (χ2n) is 4.68. The van der Waals surface area contributed by atoms with Gasteiger partial charge in [-0.2, -0.15) is 0 Å². The van der Waals surface area contributed by atoms with E-state index in [1.54, 1.807) is 11.3 Å². The first-order valence-electron chi connectivity index (χ1n) is 6.40. The van der Waals surface area contributed by atoms with Crippen LogP contribution in [0.4, 0.5) is 4.39 Å². The summed E-state index contributed by atoms with van der Waals surface area (Å²) in [5.74, 6) is -0.765. The lowest BCUT2D eigenvalue weighted by molar-refractivity contribution is -0.120. The van der Waals surface area contributed by atoms with E-state index in [9.17, 15) is 14.3 Å². The lowest BCUT2D eigenvalue weighted by Crippen LogP contribution is -2.29. The number of hydrogen-bond donors (Lipinski definition) is 2. The Morgan fingerprint density at radius 2 is 2.19 bits per heavy atom. The Labute approximate surface area is 131 Å². The number of aliphatic hydroxyl groups is 1. The van der Waals surface area contributed by atoms with Crippen molar-refractivity contribution in [2.24, 2.45) is 0 Å². The zero-order valence-electron chi connectivity index (χ0n) is 11.4. The van der Waals surface area contributed by atoms with Crippen molar-refractivity contribution in [1.82, 2.24) is 5.32 Å². The molecule has 0 aliphatic rings. The number of amides is 1. The van der Waals surface area contributed by atoms with Gasteiger partial charge in [-0.3, -0.25) is 4.79 Å². The van der Waals surface area contributed by atoms with Gasteiger partial charge in [-0.25, -0.2) is 4.39 Å². The first-order chi connectivity index (χ1) is 9.95. The van der Waals surface area contributed by atoms with Crippen molar-refractivity contribution in [3.05, 3.63) is 56.5 Å². The van der Waals surface area contributed by atoms with E-state index in [-0.39, 0.29) is 23.9 Å². The molecule has 0 spiro atoms. The molecule has 1 atom stereocenters. The number of thiophene rings is 1. The van der Waals surface area contributed by atoms with E-state index < -0.39 is 11.9 Å². The van der Waals surface area contributed by atoms with E-state index in [0.717, 1.165) is 9.75 Å². The number of aliphatic hydroxyl groups excluding tert-OH is 1. The summed E-state index contributed by atoms with van der Waals surface area (Å²) in [4.78, 5) is 13.9. The smallest absolute Gasteiger partial charge is 0.225 e. The van der Waals surface area contributed by atoms with Crippen LogP contribution in [0.15, 0.2) is 30.3 Å². The first kappa shape index (κ1) is 15.9. The molecule has 2 N–H and O–H groups in total. The Hall–Kier alpha value is -1.43. The Morgan fingerprint density at radius 1 is 1.43 bits per heavy atom. The summed E-state index contributed by atoms with van der Waals surface area (Å²) in [6.07, 6.45) is -0.689. The van der Waals surface area contributed by atoms with Crippen molar-refractivity contribution in [1.29, 1.82) is 0 Å². The van der Waals surface area contributed by atoms with E-state index in [4.69, 9.17) is 11.6 Å². The third kappa shape index (κ3) is 4.52. The summed E-state index contributed by atoms with van der Waals surface area (Å²) >= 11 is 7.14. The van der Waals surface area contributed by atoms with Crippen LogP contribution in [0, 0.1) is 12.7 Å². The Kier molecular flexibility index (Phi) is 5.33. The maximum atomic E-state index is 13.3. The van der Waals surface area contributed by atoms with E-state index in [0.29, 0.717) is 5.56 Å². The fraction of sp³-hybridized carbons (Fsp3) is 0.267. The SMILES string of the molecule is Cc1ccc(CC(=O)NC[C@H](O)c2ccc(Cl)c(F)c2)s1. The minimum Gasteiger partial charge on any atom is -0.387 e. The topological polar surface area (TPSA) is 49.3 Å². The quantitative estimate of drug-likeness (QED) is 0.885. The van der Waals surface area contributed by atoms with E-state index in [2.05, 4.69) is 5.32 Å². The van der Waals surface area contributed by atoms with Gasteiger partial charge in [-0.05, 0) is 36.8 Å². The molecule has 0 unspecified atom stereocenters. The monoisotopic (exact) mass is 327 g/mol. The molecule has 0 saturated heterocycles. The zero-order valence-corrected chi connectivity index (χ0v) is 13.0. The highest BCUT2D eigenvalue weighted by Crippen LogP contribution is 2.20. The molecule has 2 rings (SSSR count). The van der Waals surface area contributed by atoms with Gasteiger partial charge in [0.1, 0.15) is 5.82 Å². The van der Waals surface area contributed by atoms with Crippen LogP contribution in [0.5, 0.6) is 0 Å². The molecule has 2 aromatic rings. The number of nitrogens with one attached hydrogen (secondary N) is 1. The molecule has 21 heavy (non-hydrogen) atoms. The van der Waals surface area contributed by atoms with Crippen LogP contribution in [0.25, 0.3) is 0 Å². The molecule has 0 saturated carbocycles. The predicted molar refractivity (Wildman–Crippen MR) is 82.1 cm³/mol. The Balaban J connectivity index is 1.86. The lowest BCUT2D eigenvalue weighted by Gasteiger charge is -2.12. The molecule has 1 aromatic carbocycles. The number of aryl methyl sites for hydroxylation is 1. The summed E-state index contributed by atoms with van der Waals surface area (Å²) < 4.78 is 13.3. The standard InChI is InChI=1S/C15H15ClFNO2S/c1-9-2-4-11(21-9)7-15(20)18-8-14(19)10-3-5-12(16)13(17)6-10/h2-6,14,19H,7-8H2,1H3,(H,18,20)/t14-/m0/s1. The molecule has 6 heteroatoms. The number of carbonyl (C=O) groups excluding carboxylic acids is 1. The van der Waals surface area contributed by atoms with Crippen molar-refractivity contribution >= 4 is 28.8 Å². The Bertz CT molecular complexity index is 644. The fourth-order valence-corrected chi connectivity index (χ4v) is 2.86. The lowest BCUT2D eigenvalue weighted by atomic mass is 10.1. The summed E-state index contributed by atoms with van der Waals surface area (Å²) in [5, 5.41) is 12.6. The molecule has 1 amide bonds. The number of hydrogen-bond acceptors (Lipinski definition) is 3. The number of halogens is 2. The molecule has 1 aromatic heterocycles. The molecule has 0 bridgehead atoms. The third-order valence-corrected chi connectivity index (χ3v) is 4.26. The van der Waals surface area contributed by atoms with Crippen molar-refractivity contribution in [2.75, 3.05) is 6.54 Å². The van der Waals surface area contributed by atoms with Crippen LogP contribution < -0.4 is 5.32 Å². The molecule has 0 fully saturated rings. The normalized spacial score (nSPS) is 12.2. The van der Waals surface area contributed by atoms with Crippen molar-refractivity contribution < 1.29 is 14.3 Å². The highest BCUT2D eigenvalue weighted by Gasteiger charge is 2.12. The van der Waals surface area contributed by atoms with Crippen molar-refractivity contribution in [3.8, 4) is 0 Å². The molecule has 112 valence electrons. The molecule has 0 aliphatic carbocycles. The third-order valence-electron chi connectivity index (χ3n) is 2.95. The minimum atomic E-state index is -0.967. The van der Waals surface area contributed by atoms with Gasteiger partial charge in [0.2, 0.25) is 5.91 Å². The van der Waals surface area contributed by atoms with Gasteiger partial charge in [0.25, 0.3) is 0 Å². The van der Waals surface area contributed by atoms with E-state index in [1.165, 1.54) is 18.2 Å². The molecule has 1 heterocycles. The van der Waals surface area contributed by atoms with Gasteiger partial charge in [0, 0.05) is 16.3 Å². The van der Waals surface area contributed by atoms with Crippen LogP contribution in [-0.2, 0) is 11.2 Å². The summed E-state index contributed by atoms with van der Waals surface area (Å²) in [5.41, 5.74) is 0.379. The molecule has 0 radical (unpaired) electrons. The maximum Gasteiger partial charge on any atom is 0.225 e. The van der Waals surface area contributed by atoms with Gasteiger partial charge in [-0.1, -0.05) is 17.7 Å². The fourth-order valence-electron chi connectivity index (χ4n) is 1.85. The largest absolute Gasteiger partial charge is 0.387 e. The van der Waals surface area contributed by atoms with Crippen molar-refractivity contribution in [2.45, 2.75) is 19.4 Å². The first-order valence-corrected chi connectivity index (χ1v) is 7.60.